The second kappa shape index (κ2) is 4.90. The van der Waals surface area contributed by atoms with E-state index < -0.39 is 0 Å². The smallest absolute Gasteiger partial charge is 0.0555 e. The van der Waals surface area contributed by atoms with Crippen LogP contribution in [0.1, 0.15) is 0 Å². The van der Waals surface area contributed by atoms with Gasteiger partial charge in [0.05, 0.1) is 16.1 Å². The maximum Gasteiger partial charge on any atom is 0.0555 e. The van der Waals surface area contributed by atoms with Crippen LogP contribution in [0, 0.1) is 0 Å². The summed E-state index contributed by atoms with van der Waals surface area (Å²) < 4.78 is 3.22. The summed E-state index contributed by atoms with van der Waals surface area (Å²) in [6, 6.07) is 22.8. The van der Waals surface area contributed by atoms with Gasteiger partial charge in [-0.05, 0) is 46.3 Å². The molecule has 0 aliphatic heterocycles. The van der Waals surface area contributed by atoms with Gasteiger partial charge in [-0.2, -0.15) is 0 Å². The van der Waals surface area contributed by atoms with E-state index in [1.54, 1.807) is 0 Å². The fourth-order valence-corrected chi connectivity index (χ4v) is 3.55. The van der Waals surface area contributed by atoms with Crippen molar-refractivity contribution in [3.63, 3.8) is 0 Å². The van der Waals surface area contributed by atoms with Crippen LogP contribution < -0.4 is 0 Å². The molecule has 3 heteroatoms. The lowest BCUT2D eigenvalue weighted by Gasteiger charge is -2.07. The molecule has 21 heavy (non-hydrogen) atoms. The fraction of sp³-hybridized carbons (Fsp3) is 0. The molecule has 0 radical (unpaired) electrons. The highest BCUT2D eigenvalue weighted by atomic mass is 79.9. The lowest BCUT2D eigenvalue weighted by molar-refractivity contribution is 1.18. The number of aromatic nitrogens is 1. The number of benzene rings is 3. The number of hydrogen-bond acceptors (Lipinski definition) is 0. The number of nitrogens with zero attached hydrogens (tertiary/aromatic N) is 1. The van der Waals surface area contributed by atoms with E-state index in [1.807, 2.05) is 12.1 Å². The molecule has 0 aliphatic carbocycles. The Morgan fingerprint density at radius 1 is 0.762 bits per heavy atom. The molecule has 0 unspecified atom stereocenters. The van der Waals surface area contributed by atoms with Crippen LogP contribution in [0.25, 0.3) is 27.5 Å². The van der Waals surface area contributed by atoms with E-state index in [9.17, 15) is 0 Å². The summed E-state index contributed by atoms with van der Waals surface area (Å²) in [5, 5.41) is 3.09. The van der Waals surface area contributed by atoms with E-state index in [0.717, 1.165) is 26.1 Å². The van der Waals surface area contributed by atoms with Crippen molar-refractivity contribution in [1.82, 2.24) is 4.57 Å². The first-order chi connectivity index (χ1) is 10.3. The van der Waals surface area contributed by atoms with Crippen molar-refractivity contribution in [2.45, 2.75) is 0 Å². The summed E-state index contributed by atoms with van der Waals surface area (Å²) >= 11 is 9.93. The zero-order chi connectivity index (χ0) is 14.4. The van der Waals surface area contributed by atoms with Gasteiger partial charge in [-0.3, -0.25) is 0 Å². The predicted molar refractivity (Wildman–Crippen MR) is 93.5 cm³/mol. The number of rotatable bonds is 1. The van der Waals surface area contributed by atoms with Crippen molar-refractivity contribution in [3.05, 3.63) is 76.2 Å². The average Bonchev–Trinajstić information content (AvgIpc) is 2.87. The molecule has 1 heterocycles. The van der Waals surface area contributed by atoms with E-state index >= 15 is 0 Å². The standard InChI is InChI=1S/C18H11BrClN/c19-18-14(20)10-11-16-17(18)13-8-4-5-9-15(13)21(16)12-6-2-1-3-7-12/h1-11H. The average molecular weight is 357 g/mol. The van der Waals surface area contributed by atoms with Crippen LogP contribution in [-0.4, -0.2) is 4.57 Å². The van der Waals surface area contributed by atoms with Crippen LogP contribution in [0.4, 0.5) is 0 Å². The van der Waals surface area contributed by atoms with Crippen LogP contribution in [0.5, 0.6) is 0 Å². The maximum atomic E-state index is 6.29. The quantitative estimate of drug-likeness (QED) is 0.382. The van der Waals surface area contributed by atoms with Gasteiger partial charge in [-0.25, -0.2) is 0 Å². The SMILES string of the molecule is Clc1ccc2c(c1Br)c1ccccc1n2-c1ccccc1. The van der Waals surface area contributed by atoms with Gasteiger partial charge in [-0.1, -0.05) is 48.0 Å². The second-order valence-electron chi connectivity index (χ2n) is 4.94. The minimum Gasteiger partial charge on any atom is -0.309 e. The van der Waals surface area contributed by atoms with Gasteiger partial charge in [0.25, 0.3) is 0 Å². The third-order valence-corrected chi connectivity index (χ3v) is 5.11. The molecule has 4 rings (SSSR count). The Morgan fingerprint density at radius 2 is 1.48 bits per heavy atom. The minimum atomic E-state index is 0.735. The first kappa shape index (κ1) is 12.9. The van der Waals surface area contributed by atoms with Gasteiger partial charge in [0.1, 0.15) is 0 Å². The number of para-hydroxylation sites is 2. The summed E-state index contributed by atoms with van der Waals surface area (Å²) in [6.45, 7) is 0. The zero-order valence-corrected chi connectivity index (χ0v) is 13.4. The molecule has 0 saturated carbocycles. The molecule has 1 aromatic heterocycles. The Hall–Kier alpha value is -1.77. The molecule has 0 atom stereocenters. The largest absolute Gasteiger partial charge is 0.309 e. The van der Waals surface area contributed by atoms with Crippen molar-refractivity contribution in [2.75, 3.05) is 0 Å². The first-order valence-corrected chi connectivity index (χ1v) is 7.87. The Morgan fingerprint density at radius 3 is 2.29 bits per heavy atom. The molecule has 102 valence electrons. The van der Waals surface area contributed by atoms with E-state index in [2.05, 4.69) is 75.1 Å². The van der Waals surface area contributed by atoms with Gasteiger partial charge in [-0.15, -0.1) is 0 Å². The molecule has 0 N–H and O–H groups in total. The van der Waals surface area contributed by atoms with Gasteiger partial charge in [0.2, 0.25) is 0 Å². The summed E-state index contributed by atoms with van der Waals surface area (Å²) in [7, 11) is 0. The topological polar surface area (TPSA) is 4.93 Å². The van der Waals surface area contributed by atoms with Crippen LogP contribution in [0.2, 0.25) is 5.02 Å². The molecule has 0 aliphatic rings. The molecule has 0 amide bonds. The van der Waals surface area contributed by atoms with Crippen molar-refractivity contribution >= 4 is 49.3 Å². The molecular weight excluding hydrogens is 346 g/mol. The monoisotopic (exact) mass is 355 g/mol. The number of halogens is 2. The van der Waals surface area contributed by atoms with E-state index in [0.29, 0.717) is 0 Å². The molecule has 0 bridgehead atoms. The molecule has 3 aromatic carbocycles. The van der Waals surface area contributed by atoms with E-state index in [-0.39, 0.29) is 0 Å². The Kier molecular flexibility index (Phi) is 3.02. The molecule has 0 spiro atoms. The van der Waals surface area contributed by atoms with Crippen molar-refractivity contribution in [2.24, 2.45) is 0 Å². The number of hydrogen-bond donors (Lipinski definition) is 0. The highest BCUT2D eigenvalue weighted by molar-refractivity contribution is 9.10. The van der Waals surface area contributed by atoms with Crippen molar-refractivity contribution < 1.29 is 0 Å². The number of fused-ring (bicyclic) bond motifs is 3. The van der Waals surface area contributed by atoms with Crippen LogP contribution >= 0.6 is 27.5 Å². The van der Waals surface area contributed by atoms with Gasteiger partial charge in [0, 0.05) is 20.9 Å². The minimum absolute atomic E-state index is 0.735. The Bertz CT molecular complexity index is 957. The van der Waals surface area contributed by atoms with Gasteiger partial charge >= 0.3 is 0 Å². The third kappa shape index (κ3) is 1.90. The highest BCUT2D eigenvalue weighted by Gasteiger charge is 2.15. The summed E-state index contributed by atoms with van der Waals surface area (Å²) in [6.07, 6.45) is 0. The summed E-state index contributed by atoms with van der Waals surface area (Å²) in [4.78, 5) is 0. The van der Waals surface area contributed by atoms with E-state index in [4.69, 9.17) is 11.6 Å². The first-order valence-electron chi connectivity index (χ1n) is 6.70. The van der Waals surface area contributed by atoms with E-state index in [1.165, 1.54) is 10.9 Å². The Balaban J connectivity index is 2.26. The molecule has 4 aromatic rings. The summed E-state index contributed by atoms with van der Waals surface area (Å²) in [5.74, 6) is 0. The lowest BCUT2D eigenvalue weighted by atomic mass is 10.1. The van der Waals surface area contributed by atoms with Crippen molar-refractivity contribution in [1.29, 1.82) is 0 Å². The third-order valence-electron chi connectivity index (χ3n) is 3.74. The van der Waals surface area contributed by atoms with Crippen LogP contribution in [0.3, 0.4) is 0 Å². The highest BCUT2D eigenvalue weighted by Crippen LogP contribution is 2.39. The maximum absolute atomic E-state index is 6.29. The van der Waals surface area contributed by atoms with Crippen LogP contribution in [-0.2, 0) is 0 Å². The Labute approximate surface area is 135 Å². The molecule has 0 saturated heterocycles. The van der Waals surface area contributed by atoms with Crippen LogP contribution in [0.15, 0.2) is 71.2 Å². The lowest BCUT2D eigenvalue weighted by Crippen LogP contribution is -1.92. The van der Waals surface area contributed by atoms with Gasteiger partial charge < -0.3 is 4.57 Å². The fourth-order valence-electron chi connectivity index (χ4n) is 2.85. The molecule has 0 fully saturated rings. The second-order valence-corrected chi connectivity index (χ2v) is 6.14. The molecular formula is C18H11BrClN. The predicted octanol–water partition coefficient (Wildman–Crippen LogP) is 6.20. The molecule has 1 nitrogen and oxygen atoms in total. The normalized spacial score (nSPS) is 11.3. The van der Waals surface area contributed by atoms with Gasteiger partial charge in [0.15, 0.2) is 0 Å². The summed E-state index contributed by atoms with van der Waals surface area (Å²) in [5.41, 5.74) is 3.48. The zero-order valence-electron chi connectivity index (χ0n) is 11.1. The van der Waals surface area contributed by atoms with Crippen molar-refractivity contribution in [3.8, 4) is 5.69 Å².